The number of morpholine rings is 1. The maximum atomic E-state index is 6.09. The third-order valence-corrected chi connectivity index (χ3v) is 4.51. The molecule has 5 nitrogen and oxygen atoms in total. The fourth-order valence-corrected chi connectivity index (χ4v) is 3.51. The molecule has 0 amide bonds. The van der Waals surface area contributed by atoms with Crippen LogP contribution in [0.3, 0.4) is 0 Å². The Balaban J connectivity index is 1.44. The van der Waals surface area contributed by atoms with Gasteiger partial charge in [-0.15, -0.1) is 0 Å². The van der Waals surface area contributed by atoms with Crippen molar-refractivity contribution in [3.05, 3.63) is 48.7 Å². The molecule has 1 aliphatic heterocycles. The Morgan fingerprint density at radius 1 is 1.27 bits per heavy atom. The van der Waals surface area contributed by atoms with Gasteiger partial charge < -0.3 is 13.9 Å². The van der Waals surface area contributed by atoms with Crippen molar-refractivity contribution in [3.8, 4) is 5.75 Å². The van der Waals surface area contributed by atoms with Crippen molar-refractivity contribution >= 4 is 0 Å². The summed E-state index contributed by atoms with van der Waals surface area (Å²) in [4.78, 5) is 6.56. The van der Waals surface area contributed by atoms with Gasteiger partial charge in [0.05, 0.1) is 25.6 Å². The standard InChI is InChI=1S/C17H20N2O3/c1-3-13(11-18-7-1)22-16-6-5-15-17(16)21-10-8-19(15)12-14-4-2-9-20-14/h1-4,7,9,11,15-17H,5-6,8,10,12H2/t15-,16+,17+/m1/s1. The summed E-state index contributed by atoms with van der Waals surface area (Å²) in [6, 6.07) is 8.22. The molecule has 2 aliphatic rings. The van der Waals surface area contributed by atoms with E-state index in [4.69, 9.17) is 13.9 Å². The van der Waals surface area contributed by atoms with Crippen molar-refractivity contribution in [1.82, 2.24) is 9.88 Å². The zero-order valence-electron chi connectivity index (χ0n) is 12.4. The van der Waals surface area contributed by atoms with Crippen molar-refractivity contribution in [3.63, 3.8) is 0 Å². The first-order valence-corrected chi connectivity index (χ1v) is 7.85. The predicted molar refractivity (Wildman–Crippen MR) is 80.5 cm³/mol. The molecule has 0 spiro atoms. The van der Waals surface area contributed by atoms with E-state index in [-0.39, 0.29) is 12.2 Å². The van der Waals surface area contributed by atoms with Gasteiger partial charge in [0.1, 0.15) is 23.7 Å². The summed E-state index contributed by atoms with van der Waals surface area (Å²) in [6.07, 6.45) is 7.59. The van der Waals surface area contributed by atoms with E-state index in [1.807, 2.05) is 24.3 Å². The lowest BCUT2D eigenvalue weighted by molar-refractivity contribution is -0.0929. The minimum atomic E-state index is 0.105. The number of ether oxygens (including phenoxy) is 2. The molecule has 2 aromatic heterocycles. The van der Waals surface area contributed by atoms with E-state index >= 15 is 0 Å². The molecule has 22 heavy (non-hydrogen) atoms. The van der Waals surface area contributed by atoms with Gasteiger partial charge in [0.2, 0.25) is 0 Å². The summed E-state index contributed by atoms with van der Waals surface area (Å²) in [6.45, 7) is 2.54. The molecule has 4 rings (SSSR count). The maximum Gasteiger partial charge on any atom is 0.138 e. The molecular weight excluding hydrogens is 280 g/mol. The van der Waals surface area contributed by atoms with Crippen LogP contribution in [-0.2, 0) is 11.3 Å². The SMILES string of the molecule is c1cncc(O[C@H]2CC[C@@H]3[C@@H]2OCCN3Cc2ccco2)c1. The second-order valence-electron chi connectivity index (χ2n) is 5.87. The van der Waals surface area contributed by atoms with Crippen LogP contribution in [0.2, 0.25) is 0 Å². The number of pyridine rings is 1. The smallest absolute Gasteiger partial charge is 0.138 e. The Kier molecular flexibility index (Phi) is 3.83. The molecule has 1 saturated heterocycles. The Morgan fingerprint density at radius 3 is 3.09 bits per heavy atom. The van der Waals surface area contributed by atoms with Gasteiger partial charge in [-0.25, -0.2) is 0 Å². The van der Waals surface area contributed by atoms with Crippen LogP contribution in [0.4, 0.5) is 0 Å². The van der Waals surface area contributed by atoms with E-state index in [0.717, 1.165) is 44.0 Å². The molecule has 0 bridgehead atoms. The molecule has 5 heteroatoms. The summed E-state index contributed by atoms with van der Waals surface area (Å²) in [5.41, 5.74) is 0. The molecule has 1 aliphatic carbocycles. The number of hydrogen-bond donors (Lipinski definition) is 0. The first-order chi connectivity index (χ1) is 10.9. The normalized spacial score (nSPS) is 28.5. The van der Waals surface area contributed by atoms with Gasteiger partial charge in [-0.3, -0.25) is 9.88 Å². The zero-order chi connectivity index (χ0) is 14.8. The molecule has 0 N–H and O–H groups in total. The highest BCUT2D eigenvalue weighted by Gasteiger charge is 2.44. The number of aromatic nitrogens is 1. The Labute approximate surface area is 129 Å². The molecule has 0 aromatic carbocycles. The van der Waals surface area contributed by atoms with Crippen LogP contribution in [-0.4, -0.2) is 41.3 Å². The summed E-state index contributed by atoms with van der Waals surface area (Å²) < 4.78 is 17.6. The monoisotopic (exact) mass is 300 g/mol. The van der Waals surface area contributed by atoms with Crippen LogP contribution in [0.15, 0.2) is 47.3 Å². The first kappa shape index (κ1) is 13.8. The number of furan rings is 1. The molecule has 0 radical (unpaired) electrons. The van der Waals surface area contributed by atoms with Crippen molar-refractivity contribution in [2.75, 3.05) is 13.2 Å². The molecule has 3 atom stereocenters. The van der Waals surface area contributed by atoms with Gasteiger partial charge in [-0.1, -0.05) is 0 Å². The van der Waals surface area contributed by atoms with Crippen LogP contribution in [0.1, 0.15) is 18.6 Å². The molecule has 2 fully saturated rings. The van der Waals surface area contributed by atoms with E-state index in [1.54, 1.807) is 18.7 Å². The van der Waals surface area contributed by atoms with Crippen molar-refractivity contribution < 1.29 is 13.9 Å². The molecule has 116 valence electrons. The largest absolute Gasteiger partial charge is 0.486 e. The number of fused-ring (bicyclic) bond motifs is 1. The van der Waals surface area contributed by atoms with Crippen molar-refractivity contribution in [1.29, 1.82) is 0 Å². The molecule has 0 unspecified atom stereocenters. The molecule has 2 aromatic rings. The Morgan fingerprint density at radius 2 is 2.27 bits per heavy atom. The number of hydrogen-bond acceptors (Lipinski definition) is 5. The summed E-state index contributed by atoms with van der Waals surface area (Å²) in [5.74, 6) is 1.83. The number of rotatable bonds is 4. The van der Waals surface area contributed by atoms with Crippen LogP contribution in [0.25, 0.3) is 0 Å². The minimum absolute atomic E-state index is 0.105. The van der Waals surface area contributed by atoms with E-state index in [1.165, 1.54) is 0 Å². The van der Waals surface area contributed by atoms with E-state index in [9.17, 15) is 0 Å². The highest BCUT2D eigenvalue weighted by molar-refractivity contribution is 5.17. The highest BCUT2D eigenvalue weighted by Crippen LogP contribution is 2.33. The first-order valence-electron chi connectivity index (χ1n) is 7.85. The minimum Gasteiger partial charge on any atom is -0.486 e. The Bertz CT molecular complexity index is 587. The summed E-state index contributed by atoms with van der Waals surface area (Å²) in [7, 11) is 0. The van der Waals surface area contributed by atoms with Crippen molar-refractivity contribution in [2.24, 2.45) is 0 Å². The molecule has 1 saturated carbocycles. The van der Waals surface area contributed by atoms with E-state index in [2.05, 4.69) is 9.88 Å². The van der Waals surface area contributed by atoms with Crippen LogP contribution < -0.4 is 4.74 Å². The van der Waals surface area contributed by atoms with Crippen LogP contribution in [0, 0.1) is 0 Å². The van der Waals surface area contributed by atoms with Gasteiger partial charge in [0.25, 0.3) is 0 Å². The fourth-order valence-electron chi connectivity index (χ4n) is 3.51. The predicted octanol–water partition coefficient (Wildman–Crippen LogP) is 2.49. The van der Waals surface area contributed by atoms with E-state index < -0.39 is 0 Å². The van der Waals surface area contributed by atoms with Crippen molar-refractivity contribution in [2.45, 2.75) is 37.6 Å². The fraction of sp³-hybridized carbons (Fsp3) is 0.471. The van der Waals surface area contributed by atoms with Gasteiger partial charge in [0, 0.05) is 18.8 Å². The third kappa shape index (κ3) is 2.74. The highest BCUT2D eigenvalue weighted by atomic mass is 16.5. The molecule has 3 heterocycles. The van der Waals surface area contributed by atoms with Gasteiger partial charge in [-0.2, -0.15) is 0 Å². The van der Waals surface area contributed by atoms with Gasteiger partial charge in [-0.05, 0) is 37.1 Å². The number of nitrogens with zero attached hydrogens (tertiary/aromatic N) is 2. The average molecular weight is 300 g/mol. The second-order valence-corrected chi connectivity index (χ2v) is 5.87. The third-order valence-electron chi connectivity index (χ3n) is 4.51. The van der Waals surface area contributed by atoms with E-state index in [0.29, 0.717) is 6.04 Å². The van der Waals surface area contributed by atoms with Crippen LogP contribution >= 0.6 is 0 Å². The second kappa shape index (κ2) is 6.10. The Hall–Kier alpha value is -1.85. The quantitative estimate of drug-likeness (QED) is 0.868. The lowest BCUT2D eigenvalue weighted by atomic mass is 10.1. The maximum absolute atomic E-state index is 6.09. The van der Waals surface area contributed by atoms with Gasteiger partial charge >= 0.3 is 0 Å². The van der Waals surface area contributed by atoms with Gasteiger partial charge in [0.15, 0.2) is 0 Å². The lowest BCUT2D eigenvalue weighted by Crippen LogP contribution is -2.51. The lowest BCUT2D eigenvalue weighted by Gasteiger charge is -2.38. The molecular formula is C17H20N2O3. The summed E-state index contributed by atoms with van der Waals surface area (Å²) in [5, 5.41) is 0. The topological polar surface area (TPSA) is 47.7 Å². The zero-order valence-corrected chi connectivity index (χ0v) is 12.4. The summed E-state index contributed by atoms with van der Waals surface area (Å²) >= 11 is 0. The average Bonchev–Trinajstić information content (AvgIpc) is 3.19. The van der Waals surface area contributed by atoms with Crippen LogP contribution in [0.5, 0.6) is 5.75 Å².